The van der Waals surface area contributed by atoms with Gasteiger partial charge in [0.15, 0.2) is 23.0 Å². The molecule has 0 atom stereocenters. The second-order valence-corrected chi connectivity index (χ2v) is 8.35. The van der Waals surface area contributed by atoms with Gasteiger partial charge >= 0.3 is 0 Å². The SMILES string of the molecule is COc1cc2c(cc1OC)C1(c3ccccc3-c3ccccc31)c1cc(OC)c(OC)cc1-2. The second kappa shape index (κ2) is 7.04. The van der Waals surface area contributed by atoms with Crippen molar-refractivity contribution in [2.24, 2.45) is 0 Å². The number of benzene rings is 4. The van der Waals surface area contributed by atoms with Gasteiger partial charge in [0, 0.05) is 0 Å². The highest BCUT2D eigenvalue weighted by molar-refractivity contribution is 5.96. The second-order valence-electron chi connectivity index (χ2n) is 8.35. The van der Waals surface area contributed by atoms with Crippen LogP contribution in [0, 0.1) is 0 Å². The van der Waals surface area contributed by atoms with Crippen LogP contribution in [0.15, 0.2) is 72.8 Å². The van der Waals surface area contributed by atoms with Gasteiger partial charge in [-0.3, -0.25) is 0 Å². The summed E-state index contributed by atoms with van der Waals surface area (Å²) in [7, 11) is 6.71. The predicted molar refractivity (Wildman–Crippen MR) is 129 cm³/mol. The Morgan fingerprint density at radius 1 is 0.424 bits per heavy atom. The first kappa shape index (κ1) is 19.7. The Labute approximate surface area is 193 Å². The molecule has 4 aromatic carbocycles. The molecule has 0 saturated heterocycles. The quantitative estimate of drug-likeness (QED) is 0.336. The maximum atomic E-state index is 5.75. The van der Waals surface area contributed by atoms with Crippen molar-refractivity contribution in [2.75, 3.05) is 28.4 Å². The molecule has 0 N–H and O–H groups in total. The van der Waals surface area contributed by atoms with Crippen LogP contribution in [0.5, 0.6) is 23.0 Å². The summed E-state index contributed by atoms with van der Waals surface area (Å²) in [6, 6.07) is 25.8. The molecule has 0 aromatic heterocycles. The Bertz CT molecular complexity index is 1310. The lowest BCUT2D eigenvalue weighted by molar-refractivity contribution is 0.354. The third-order valence-corrected chi connectivity index (χ3v) is 7.10. The number of hydrogen-bond donors (Lipinski definition) is 0. The van der Waals surface area contributed by atoms with Gasteiger partial charge in [-0.15, -0.1) is 0 Å². The van der Waals surface area contributed by atoms with E-state index < -0.39 is 5.41 Å². The third-order valence-electron chi connectivity index (χ3n) is 7.10. The predicted octanol–water partition coefficient (Wildman–Crippen LogP) is 6.06. The number of methoxy groups -OCH3 is 4. The molecule has 4 nitrogen and oxygen atoms in total. The summed E-state index contributed by atoms with van der Waals surface area (Å²) in [6.45, 7) is 0. The molecule has 6 rings (SSSR count). The fraction of sp³-hybridized carbons (Fsp3) is 0.172. The van der Waals surface area contributed by atoms with E-state index in [2.05, 4.69) is 72.8 Å². The standard InChI is InChI=1S/C29H24O4/c1-30-25-13-19-20-14-26(31-2)28(33-4)16-24(20)29(23(19)15-27(25)32-3)21-11-7-5-9-17(21)18-10-6-8-12-22(18)29/h5-16H,1-4H3. The number of rotatable bonds is 4. The van der Waals surface area contributed by atoms with E-state index in [-0.39, 0.29) is 0 Å². The molecule has 2 aliphatic carbocycles. The molecule has 0 heterocycles. The lowest BCUT2D eigenvalue weighted by atomic mass is 9.70. The van der Waals surface area contributed by atoms with Crippen molar-refractivity contribution in [3.63, 3.8) is 0 Å². The summed E-state index contributed by atoms with van der Waals surface area (Å²) in [5.74, 6) is 2.83. The molecule has 164 valence electrons. The summed E-state index contributed by atoms with van der Waals surface area (Å²) < 4.78 is 22.9. The van der Waals surface area contributed by atoms with E-state index in [4.69, 9.17) is 18.9 Å². The Morgan fingerprint density at radius 3 is 1.18 bits per heavy atom. The van der Waals surface area contributed by atoms with Gasteiger partial charge in [0.05, 0.1) is 33.9 Å². The van der Waals surface area contributed by atoms with Crippen molar-refractivity contribution >= 4 is 0 Å². The zero-order chi connectivity index (χ0) is 22.7. The molecule has 4 heteroatoms. The van der Waals surface area contributed by atoms with Crippen LogP contribution in [0.4, 0.5) is 0 Å². The molecule has 4 aromatic rings. The van der Waals surface area contributed by atoms with Crippen molar-refractivity contribution in [2.45, 2.75) is 5.41 Å². The van der Waals surface area contributed by atoms with Gasteiger partial charge in [-0.05, 0) is 68.8 Å². The van der Waals surface area contributed by atoms with Gasteiger partial charge in [0.25, 0.3) is 0 Å². The zero-order valence-corrected chi connectivity index (χ0v) is 19.1. The molecule has 0 saturated carbocycles. The smallest absolute Gasteiger partial charge is 0.161 e. The number of fused-ring (bicyclic) bond motifs is 10. The molecule has 0 radical (unpaired) electrons. The minimum atomic E-state index is -0.489. The van der Waals surface area contributed by atoms with Crippen LogP contribution in [0.2, 0.25) is 0 Å². The molecule has 33 heavy (non-hydrogen) atoms. The van der Waals surface area contributed by atoms with E-state index in [9.17, 15) is 0 Å². The third kappa shape index (κ3) is 2.35. The Morgan fingerprint density at radius 2 is 0.788 bits per heavy atom. The summed E-state index contributed by atoms with van der Waals surface area (Å²) in [5, 5.41) is 0. The lowest BCUT2D eigenvalue weighted by Crippen LogP contribution is -2.26. The number of ether oxygens (including phenoxy) is 4. The maximum Gasteiger partial charge on any atom is 0.161 e. The van der Waals surface area contributed by atoms with Crippen molar-refractivity contribution in [1.82, 2.24) is 0 Å². The van der Waals surface area contributed by atoms with Crippen LogP contribution in [0.25, 0.3) is 22.3 Å². The van der Waals surface area contributed by atoms with E-state index in [1.54, 1.807) is 28.4 Å². The van der Waals surface area contributed by atoms with E-state index in [0.29, 0.717) is 23.0 Å². The van der Waals surface area contributed by atoms with Gasteiger partial charge in [-0.2, -0.15) is 0 Å². The van der Waals surface area contributed by atoms with E-state index >= 15 is 0 Å². The molecule has 0 amide bonds. The molecular formula is C29H24O4. The monoisotopic (exact) mass is 436 g/mol. The molecule has 1 spiro atoms. The Kier molecular flexibility index (Phi) is 4.21. The molecule has 2 aliphatic rings. The minimum Gasteiger partial charge on any atom is -0.493 e. The topological polar surface area (TPSA) is 36.9 Å². The van der Waals surface area contributed by atoms with Crippen LogP contribution >= 0.6 is 0 Å². The van der Waals surface area contributed by atoms with Crippen LogP contribution in [0.3, 0.4) is 0 Å². The summed E-state index contributed by atoms with van der Waals surface area (Å²) >= 11 is 0. The van der Waals surface area contributed by atoms with E-state index in [1.165, 1.54) is 33.4 Å². The summed E-state index contributed by atoms with van der Waals surface area (Å²) in [6.07, 6.45) is 0. The number of hydrogen-bond acceptors (Lipinski definition) is 4. The largest absolute Gasteiger partial charge is 0.493 e. The Hall–Kier alpha value is -3.92. The first-order chi connectivity index (χ1) is 16.2. The highest BCUT2D eigenvalue weighted by Gasteiger charge is 2.52. The van der Waals surface area contributed by atoms with Gasteiger partial charge in [0.2, 0.25) is 0 Å². The molecular weight excluding hydrogens is 412 g/mol. The molecule has 0 aliphatic heterocycles. The van der Waals surface area contributed by atoms with Crippen molar-refractivity contribution in [1.29, 1.82) is 0 Å². The van der Waals surface area contributed by atoms with Crippen molar-refractivity contribution in [3.05, 3.63) is 95.1 Å². The van der Waals surface area contributed by atoms with Crippen LogP contribution in [-0.4, -0.2) is 28.4 Å². The minimum absolute atomic E-state index is 0.489. The fourth-order valence-corrected chi connectivity index (χ4v) is 5.78. The van der Waals surface area contributed by atoms with Crippen LogP contribution in [-0.2, 0) is 5.41 Å². The van der Waals surface area contributed by atoms with E-state index in [0.717, 1.165) is 11.1 Å². The summed E-state index contributed by atoms with van der Waals surface area (Å²) in [5.41, 5.74) is 9.07. The lowest BCUT2D eigenvalue weighted by Gasteiger charge is -2.31. The van der Waals surface area contributed by atoms with Gasteiger partial charge in [-0.1, -0.05) is 48.5 Å². The van der Waals surface area contributed by atoms with Crippen LogP contribution in [0.1, 0.15) is 22.3 Å². The Balaban J connectivity index is 1.83. The van der Waals surface area contributed by atoms with Crippen molar-refractivity contribution in [3.8, 4) is 45.3 Å². The normalized spacial score (nSPS) is 13.7. The van der Waals surface area contributed by atoms with E-state index in [1.807, 2.05) is 0 Å². The molecule has 0 unspecified atom stereocenters. The van der Waals surface area contributed by atoms with Crippen LogP contribution < -0.4 is 18.9 Å². The fourth-order valence-electron chi connectivity index (χ4n) is 5.78. The average Bonchev–Trinajstić information content (AvgIpc) is 3.33. The van der Waals surface area contributed by atoms with Crippen molar-refractivity contribution < 1.29 is 18.9 Å². The first-order valence-corrected chi connectivity index (χ1v) is 10.9. The average molecular weight is 437 g/mol. The zero-order valence-electron chi connectivity index (χ0n) is 19.1. The molecule has 0 bridgehead atoms. The first-order valence-electron chi connectivity index (χ1n) is 10.9. The highest BCUT2D eigenvalue weighted by atomic mass is 16.5. The maximum absolute atomic E-state index is 5.75. The van der Waals surface area contributed by atoms with Gasteiger partial charge in [-0.25, -0.2) is 0 Å². The summed E-state index contributed by atoms with van der Waals surface area (Å²) in [4.78, 5) is 0. The highest BCUT2D eigenvalue weighted by Crippen LogP contribution is 2.64. The van der Waals surface area contributed by atoms with Gasteiger partial charge < -0.3 is 18.9 Å². The molecule has 0 fully saturated rings. The van der Waals surface area contributed by atoms with Gasteiger partial charge in [0.1, 0.15) is 0 Å².